The fourth-order valence-corrected chi connectivity index (χ4v) is 3.66. The van der Waals surface area contributed by atoms with E-state index in [0.29, 0.717) is 25.7 Å². The van der Waals surface area contributed by atoms with Gasteiger partial charge in [-0.05, 0) is 59.9 Å². The fraction of sp³-hybridized carbons (Fsp3) is 0.296. The quantitative estimate of drug-likeness (QED) is 0.319. The molecule has 0 saturated heterocycles. The molecule has 0 spiro atoms. The summed E-state index contributed by atoms with van der Waals surface area (Å²) in [5.74, 6) is 3.17. The van der Waals surface area contributed by atoms with Crippen molar-refractivity contribution in [2.24, 2.45) is 0 Å². The molecule has 4 aromatic rings. The molecular weight excluding hydrogens is 384 g/mol. The summed E-state index contributed by atoms with van der Waals surface area (Å²) in [6.45, 7) is 8.24. The molecule has 0 saturated carbocycles. The molecule has 0 N–H and O–H groups in total. The topological polar surface area (TPSA) is 36.3 Å². The summed E-state index contributed by atoms with van der Waals surface area (Å²) in [5, 5.41) is 0. The van der Waals surface area contributed by atoms with E-state index >= 15 is 0 Å². The third-order valence-corrected chi connectivity index (χ3v) is 5.56. The second kappa shape index (κ2) is 9.69. The van der Waals surface area contributed by atoms with E-state index in [2.05, 4.69) is 55.7 Å². The zero-order valence-electron chi connectivity index (χ0n) is 18.5. The van der Waals surface area contributed by atoms with E-state index in [1.807, 2.05) is 42.5 Å². The van der Waals surface area contributed by atoms with E-state index in [-0.39, 0.29) is 0 Å². The molecule has 0 aliphatic carbocycles. The Morgan fingerprint density at radius 1 is 0.839 bits per heavy atom. The highest BCUT2D eigenvalue weighted by molar-refractivity contribution is 5.75. The van der Waals surface area contributed by atoms with Crippen molar-refractivity contribution in [3.63, 3.8) is 0 Å². The Balaban J connectivity index is 1.45. The van der Waals surface area contributed by atoms with Gasteiger partial charge in [-0.2, -0.15) is 0 Å². The average Bonchev–Trinajstić information content (AvgIpc) is 3.16. The van der Waals surface area contributed by atoms with E-state index in [4.69, 9.17) is 14.5 Å². The number of imidazole rings is 1. The van der Waals surface area contributed by atoms with Crippen molar-refractivity contribution in [3.8, 4) is 11.5 Å². The van der Waals surface area contributed by atoms with Gasteiger partial charge in [0, 0.05) is 0 Å². The van der Waals surface area contributed by atoms with Crippen LogP contribution in [-0.4, -0.2) is 16.2 Å². The van der Waals surface area contributed by atoms with Crippen molar-refractivity contribution < 1.29 is 9.47 Å². The van der Waals surface area contributed by atoms with Gasteiger partial charge in [0.2, 0.25) is 0 Å². The molecule has 0 atom stereocenters. The van der Waals surface area contributed by atoms with Gasteiger partial charge in [0.15, 0.2) is 0 Å². The van der Waals surface area contributed by atoms with Crippen LogP contribution in [0.3, 0.4) is 0 Å². The average molecular weight is 415 g/mol. The minimum Gasteiger partial charge on any atom is -0.492 e. The molecule has 3 aromatic carbocycles. The molecule has 1 aromatic heterocycles. The van der Waals surface area contributed by atoms with E-state index in [1.165, 1.54) is 11.1 Å². The summed E-state index contributed by atoms with van der Waals surface area (Å²) in [7, 11) is 0. The Labute approximate surface area is 184 Å². The number of hydrogen-bond acceptors (Lipinski definition) is 3. The third-order valence-electron chi connectivity index (χ3n) is 5.56. The van der Waals surface area contributed by atoms with Crippen molar-refractivity contribution in [1.29, 1.82) is 0 Å². The standard InChI is InChI=1S/C27H30N2O2/c1-4-21-9-13-24(14-10-21)31-19-27-28-25-7-5-6-8-26(25)29(27)17-18-30-23-15-11-22(12-16-23)20(2)3/h5-16,20H,4,17-19H2,1-3H3. The van der Waals surface area contributed by atoms with Crippen LogP contribution < -0.4 is 9.47 Å². The maximum absolute atomic E-state index is 6.04. The summed E-state index contributed by atoms with van der Waals surface area (Å²) in [6.07, 6.45) is 1.02. The number of para-hydroxylation sites is 2. The van der Waals surface area contributed by atoms with Crippen LogP contribution in [0.5, 0.6) is 11.5 Å². The largest absolute Gasteiger partial charge is 0.492 e. The number of fused-ring (bicyclic) bond motifs is 1. The summed E-state index contributed by atoms with van der Waals surface area (Å²) < 4.78 is 14.2. The zero-order chi connectivity index (χ0) is 21.6. The molecular formula is C27H30N2O2. The van der Waals surface area contributed by atoms with Crippen LogP contribution in [0.4, 0.5) is 0 Å². The summed E-state index contributed by atoms with van der Waals surface area (Å²) in [4.78, 5) is 4.80. The van der Waals surface area contributed by atoms with Gasteiger partial charge >= 0.3 is 0 Å². The summed E-state index contributed by atoms with van der Waals surface area (Å²) >= 11 is 0. The van der Waals surface area contributed by atoms with Gasteiger partial charge in [-0.25, -0.2) is 4.98 Å². The van der Waals surface area contributed by atoms with Crippen LogP contribution >= 0.6 is 0 Å². The predicted octanol–water partition coefficient (Wildman–Crippen LogP) is 6.38. The molecule has 1 heterocycles. The van der Waals surface area contributed by atoms with Gasteiger partial charge in [0.05, 0.1) is 17.6 Å². The maximum Gasteiger partial charge on any atom is 0.148 e. The minimum atomic E-state index is 0.420. The number of benzene rings is 3. The lowest BCUT2D eigenvalue weighted by molar-refractivity contribution is 0.272. The Bertz CT molecular complexity index is 1110. The Kier molecular flexibility index (Phi) is 6.56. The Morgan fingerprint density at radius 2 is 1.52 bits per heavy atom. The lowest BCUT2D eigenvalue weighted by Crippen LogP contribution is -2.13. The summed E-state index contributed by atoms with van der Waals surface area (Å²) in [5.41, 5.74) is 4.70. The zero-order valence-corrected chi connectivity index (χ0v) is 18.5. The number of hydrogen-bond donors (Lipinski definition) is 0. The highest BCUT2D eigenvalue weighted by Gasteiger charge is 2.11. The second-order valence-electron chi connectivity index (χ2n) is 8.03. The van der Waals surface area contributed by atoms with Crippen molar-refractivity contribution >= 4 is 11.0 Å². The van der Waals surface area contributed by atoms with Crippen LogP contribution in [0, 0.1) is 0 Å². The number of nitrogens with zero attached hydrogens (tertiary/aromatic N) is 2. The molecule has 160 valence electrons. The van der Waals surface area contributed by atoms with Crippen LogP contribution in [0.25, 0.3) is 11.0 Å². The Hall–Kier alpha value is -3.27. The number of aryl methyl sites for hydroxylation is 1. The molecule has 4 heteroatoms. The maximum atomic E-state index is 6.04. The van der Waals surface area contributed by atoms with Gasteiger partial charge in [-0.3, -0.25) is 0 Å². The van der Waals surface area contributed by atoms with Gasteiger partial charge in [0.25, 0.3) is 0 Å². The van der Waals surface area contributed by atoms with Crippen LogP contribution in [0.15, 0.2) is 72.8 Å². The van der Waals surface area contributed by atoms with Gasteiger partial charge in [-0.1, -0.05) is 57.2 Å². The predicted molar refractivity (Wildman–Crippen MR) is 126 cm³/mol. The minimum absolute atomic E-state index is 0.420. The van der Waals surface area contributed by atoms with E-state index in [0.717, 1.165) is 34.8 Å². The van der Waals surface area contributed by atoms with E-state index < -0.39 is 0 Å². The monoisotopic (exact) mass is 414 g/mol. The lowest BCUT2D eigenvalue weighted by Gasteiger charge is -2.12. The van der Waals surface area contributed by atoms with Crippen molar-refractivity contribution in [2.45, 2.75) is 46.3 Å². The van der Waals surface area contributed by atoms with Gasteiger partial charge in [-0.15, -0.1) is 0 Å². The van der Waals surface area contributed by atoms with Crippen LogP contribution in [0.1, 0.15) is 43.6 Å². The first-order valence-corrected chi connectivity index (χ1v) is 11.0. The van der Waals surface area contributed by atoms with Crippen molar-refractivity contribution in [1.82, 2.24) is 9.55 Å². The lowest BCUT2D eigenvalue weighted by atomic mass is 10.0. The first-order valence-electron chi connectivity index (χ1n) is 11.0. The van der Waals surface area contributed by atoms with Crippen LogP contribution in [0.2, 0.25) is 0 Å². The SMILES string of the molecule is CCc1ccc(OCc2nc3ccccc3n2CCOc2ccc(C(C)C)cc2)cc1. The van der Waals surface area contributed by atoms with Crippen LogP contribution in [-0.2, 0) is 19.6 Å². The molecule has 0 fully saturated rings. The molecule has 31 heavy (non-hydrogen) atoms. The molecule has 0 unspecified atom stereocenters. The van der Waals surface area contributed by atoms with E-state index in [1.54, 1.807) is 0 Å². The smallest absolute Gasteiger partial charge is 0.148 e. The number of rotatable bonds is 9. The van der Waals surface area contributed by atoms with E-state index in [9.17, 15) is 0 Å². The first kappa shape index (κ1) is 21.0. The number of aromatic nitrogens is 2. The molecule has 0 aliphatic heterocycles. The number of ether oxygens (including phenoxy) is 2. The molecule has 0 aliphatic rings. The second-order valence-corrected chi connectivity index (χ2v) is 8.03. The normalized spacial score (nSPS) is 11.2. The summed E-state index contributed by atoms with van der Waals surface area (Å²) in [6, 6.07) is 24.8. The molecule has 0 amide bonds. The van der Waals surface area contributed by atoms with Crippen molar-refractivity contribution in [3.05, 3.63) is 89.7 Å². The molecule has 0 radical (unpaired) electrons. The van der Waals surface area contributed by atoms with Crippen molar-refractivity contribution in [2.75, 3.05) is 6.61 Å². The highest BCUT2D eigenvalue weighted by Crippen LogP contribution is 2.21. The fourth-order valence-electron chi connectivity index (χ4n) is 3.66. The highest BCUT2D eigenvalue weighted by atomic mass is 16.5. The Morgan fingerprint density at radius 3 is 2.23 bits per heavy atom. The van der Waals surface area contributed by atoms with Gasteiger partial charge < -0.3 is 14.0 Å². The molecule has 4 nitrogen and oxygen atoms in total. The molecule has 0 bridgehead atoms. The third kappa shape index (κ3) is 5.08. The van der Waals surface area contributed by atoms with Gasteiger partial charge in [0.1, 0.15) is 30.5 Å². The first-order chi connectivity index (χ1) is 15.1. The molecule has 4 rings (SSSR count).